The molecule has 1 aromatic carbocycles. The minimum atomic E-state index is -0.416. The second kappa shape index (κ2) is 11.2. The minimum absolute atomic E-state index is 0.103. The molecule has 0 atom stereocenters. The van der Waals surface area contributed by atoms with Gasteiger partial charge in [0.2, 0.25) is 5.82 Å². The van der Waals surface area contributed by atoms with Gasteiger partial charge in [-0.2, -0.15) is 0 Å². The first-order chi connectivity index (χ1) is 16.1. The van der Waals surface area contributed by atoms with Crippen LogP contribution in [0.5, 0.6) is 5.75 Å². The van der Waals surface area contributed by atoms with E-state index >= 15 is 0 Å². The van der Waals surface area contributed by atoms with Crippen LogP contribution in [-0.4, -0.2) is 44.4 Å². The number of carbonyl (C=O) groups excluding carboxylic acids is 1. The van der Waals surface area contributed by atoms with Crippen LogP contribution < -0.4 is 10.1 Å². The number of hydrogen-bond donors (Lipinski definition) is 3. The Balaban J connectivity index is 1.42. The van der Waals surface area contributed by atoms with Crippen LogP contribution in [0.4, 0.5) is 5.82 Å². The number of aliphatic hydroxyl groups is 1. The van der Waals surface area contributed by atoms with E-state index in [0.717, 1.165) is 29.8 Å². The number of nitrogens with zero attached hydrogens (tertiary/aromatic N) is 3. The SMILES string of the molecule is O=C(Nc1cc(-c2cc(OCCCCO)ccc2Cl)ccn1)c1n[nH]c(CC2CCCC2)n1. The summed E-state index contributed by atoms with van der Waals surface area (Å²) < 4.78 is 5.75. The van der Waals surface area contributed by atoms with Gasteiger partial charge in [0.1, 0.15) is 17.4 Å². The first kappa shape index (κ1) is 23.2. The number of pyridine rings is 1. The number of aromatic nitrogens is 4. The lowest BCUT2D eigenvalue weighted by atomic mass is 10.0. The summed E-state index contributed by atoms with van der Waals surface area (Å²) in [6, 6.07) is 9.00. The second-order valence-corrected chi connectivity index (χ2v) is 8.67. The predicted octanol–water partition coefficient (Wildman–Crippen LogP) is 4.66. The van der Waals surface area contributed by atoms with Gasteiger partial charge < -0.3 is 15.2 Å². The number of anilines is 1. The maximum atomic E-state index is 12.6. The number of aromatic amines is 1. The molecule has 174 valence electrons. The van der Waals surface area contributed by atoms with E-state index in [9.17, 15) is 4.79 Å². The molecule has 8 nitrogen and oxygen atoms in total. The summed E-state index contributed by atoms with van der Waals surface area (Å²) in [4.78, 5) is 21.2. The summed E-state index contributed by atoms with van der Waals surface area (Å²) in [5.41, 5.74) is 1.56. The van der Waals surface area contributed by atoms with E-state index < -0.39 is 5.91 Å². The van der Waals surface area contributed by atoms with Crippen LogP contribution in [0.15, 0.2) is 36.5 Å². The van der Waals surface area contributed by atoms with Crippen LogP contribution in [0.1, 0.15) is 55.0 Å². The normalized spacial score (nSPS) is 13.9. The smallest absolute Gasteiger partial charge is 0.296 e. The van der Waals surface area contributed by atoms with E-state index in [1.807, 2.05) is 12.1 Å². The first-order valence-electron chi connectivity index (χ1n) is 11.3. The van der Waals surface area contributed by atoms with Crippen molar-refractivity contribution in [2.45, 2.75) is 44.9 Å². The highest BCUT2D eigenvalue weighted by molar-refractivity contribution is 6.33. The summed E-state index contributed by atoms with van der Waals surface area (Å²) in [7, 11) is 0. The van der Waals surface area contributed by atoms with Gasteiger partial charge in [0.15, 0.2) is 0 Å². The number of ether oxygens (including phenoxy) is 1. The standard InChI is InChI=1S/C24H28ClN5O3/c25-20-8-7-18(33-12-4-3-11-31)15-19(20)17-9-10-26-21(14-17)28-24(32)23-27-22(29-30-23)13-16-5-1-2-6-16/h7-10,14-16,31H,1-6,11-13H2,(H,26,28,32)(H,27,29,30). The highest BCUT2D eigenvalue weighted by atomic mass is 35.5. The summed E-state index contributed by atoms with van der Waals surface area (Å²) in [5, 5.41) is 19.2. The second-order valence-electron chi connectivity index (χ2n) is 8.27. The number of halogens is 1. The zero-order valence-corrected chi connectivity index (χ0v) is 19.1. The van der Waals surface area contributed by atoms with Crippen molar-refractivity contribution >= 4 is 23.3 Å². The summed E-state index contributed by atoms with van der Waals surface area (Å²) in [6.45, 7) is 0.662. The lowest BCUT2D eigenvalue weighted by Crippen LogP contribution is -2.15. The van der Waals surface area contributed by atoms with E-state index in [2.05, 4.69) is 25.5 Å². The van der Waals surface area contributed by atoms with Gasteiger partial charge in [0.05, 0.1) is 6.61 Å². The molecule has 9 heteroatoms. The molecular weight excluding hydrogens is 442 g/mol. The van der Waals surface area contributed by atoms with Gasteiger partial charge in [-0.05, 0) is 54.7 Å². The Kier molecular flexibility index (Phi) is 7.91. The number of benzene rings is 1. The molecule has 0 spiro atoms. The number of rotatable bonds is 10. The minimum Gasteiger partial charge on any atom is -0.494 e. The van der Waals surface area contributed by atoms with Gasteiger partial charge >= 0.3 is 0 Å². The molecule has 0 aliphatic heterocycles. The van der Waals surface area contributed by atoms with E-state index in [-0.39, 0.29) is 12.4 Å². The van der Waals surface area contributed by atoms with Gasteiger partial charge in [0, 0.05) is 29.8 Å². The molecule has 0 bridgehead atoms. The Morgan fingerprint density at radius 2 is 2.06 bits per heavy atom. The van der Waals surface area contributed by atoms with Gasteiger partial charge in [-0.1, -0.05) is 37.3 Å². The van der Waals surface area contributed by atoms with Crippen molar-refractivity contribution < 1.29 is 14.6 Å². The molecule has 1 aliphatic rings. The molecule has 33 heavy (non-hydrogen) atoms. The van der Waals surface area contributed by atoms with Crippen molar-refractivity contribution in [2.24, 2.45) is 5.92 Å². The molecule has 3 N–H and O–H groups in total. The molecule has 3 aromatic rings. The zero-order valence-electron chi connectivity index (χ0n) is 18.4. The number of carbonyl (C=O) groups is 1. The van der Waals surface area contributed by atoms with Crippen molar-refractivity contribution in [3.05, 3.63) is 53.2 Å². The van der Waals surface area contributed by atoms with E-state index in [1.165, 1.54) is 25.7 Å². The number of amides is 1. The van der Waals surface area contributed by atoms with Crippen molar-refractivity contribution in [1.82, 2.24) is 20.2 Å². The number of H-pyrrole nitrogens is 1. The fourth-order valence-corrected chi connectivity index (χ4v) is 4.26. The monoisotopic (exact) mass is 469 g/mol. The van der Waals surface area contributed by atoms with Gasteiger partial charge in [0.25, 0.3) is 5.91 Å². The molecule has 1 amide bonds. The lowest BCUT2D eigenvalue weighted by Gasteiger charge is -2.11. The molecule has 1 aliphatic carbocycles. The molecule has 0 radical (unpaired) electrons. The van der Waals surface area contributed by atoms with Crippen molar-refractivity contribution in [3.63, 3.8) is 0 Å². The molecule has 0 saturated heterocycles. The van der Waals surface area contributed by atoms with Crippen LogP contribution in [0.25, 0.3) is 11.1 Å². The quantitative estimate of drug-likeness (QED) is 0.372. The van der Waals surface area contributed by atoms with Crippen LogP contribution in [0.2, 0.25) is 5.02 Å². The highest BCUT2D eigenvalue weighted by Gasteiger charge is 2.19. The Morgan fingerprint density at radius 1 is 1.21 bits per heavy atom. The van der Waals surface area contributed by atoms with Crippen molar-refractivity contribution in [2.75, 3.05) is 18.5 Å². The molecule has 2 heterocycles. The van der Waals surface area contributed by atoms with Crippen LogP contribution >= 0.6 is 11.6 Å². The maximum absolute atomic E-state index is 12.6. The van der Waals surface area contributed by atoms with E-state index in [1.54, 1.807) is 24.4 Å². The van der Waals surface area contributed by atoms with Crippen LogP contribution in [0, 0.1) is 5.92 Å². The molecule has 4 rings (SSSR count). The number of aliphatic hydroxyl groups excluding tert-OH is 1. The maximum Gasteiger partial charge on any atom is 0.296 e. The Hall–Kier alpha value is -2.97. The molecule has 1 fully saturated rings. The fraction of sp³-hybridized carbons (Fsp3) is 0.417. The molecule has 2 aromatic heterocycles. The first-order valence-corrected chi connectivity index (χ1v) is 11.7. The third-order valence-corrected chi connectivity index (χ3v) is 6.09. The highest BCUT2D eigenvalue weighted by Crippen LogP contribution is 2.32. The number of unbranched alkanes of at least 4 members (excludes halogenated alkanes) is 1. The largest absolute Gasteiger partial charge is 0.494 e. The average molecular weight is 470 g/mol. The summed E-state index contributed by atoms with van der Waals surface area (Å²) >= 11 is 6.42. The van der Waals surface area contributed by atoms with Gasteiger partial charge in [-0.3, -0.25) is 9.89 Å². The topological polar surface area (TPSA) is 113 Å². The fourth-order valence-electron chi connectivity index (χ4n) is 4.03. The molecular formula is C24H28ClN5O3. The average Bonchev–Trinajstić information content (AvgIpc) is 3.51. The van der Waals surface area contributed by atoms with Crippen LogP contribution in [0.3, 0.4) is 0 Å². The Bertz CT molecular complexity index is 1080. The van der Waals surface area contributed by atoms with E-state index in [4.69, 9.17) is 21.4 Å². The Morgan fingerprint density at radius 3 is 2.88 bits per heavy atom. The zero-order chi connectivity index (χ0) is 23.0. The molecule has 1 saturated carbocycles. The number of hydrogen-bond acceptors (Lipinski definition) is 6. The molecule has 0 unspecified atom stereocenters. The van der Waals surface area contributed by atoms with Crippen molar-refractivity contribution in [3.8, 4) is 16.9 Å². The lowest BCUT2D eigenvalue weighted by molar-refractivity contribution is 0.101. The van der Waals surface area contributed by atoms with Gasteiger partial charge in [-0.15, -0.1) is 5.10 Å². The Labute approximate surface area is 197 Å². The van der Waals surface area contributed by atoms with Gasteiger partial charge in [-0.25, -0.2) is 9.97 Å². The third-order valence-electron chi connectivity index (χ3n) is 5.76. The van der Waals surface area contributed by atoms with E-state index in [0.29, 0.717) is 35.5 Å². The summed E-state index contributed by atoms with van der Waals surface area (Å²) in [6.07, 6.45) is 8.83. The third kappa shape index (κ3) is 6.30. The summed E-state index contributed by atoms with van der Waals surface area (Å²) in [5.74, 6) is 2.12. The number of nitrogens with one attached hydrogen (secondary N) is 2. The predicted molar refractivity (Wildman–Crippen MR) is 126 cm³/mol. The van der Waals surface area contributed by atoms with Crippen molar-refractivity contribution in [1.29, 1.82) is 0 Å². The van der Waals surface area contributed by atoms with Crippen LogP contribution in [-0.2, 0) is 6.42 Å².